The van der Waals surface area contributed by atoms with Crippen LogP contribution in [-0.4, -0.2) is 27.9 Å². The van der Waals surface area contributed by atoms with Gasteiger partial charge in [-0.15, -0.1) is 0 Å². The quantitative estimate of drug-likeness (QED) is 0.708. The molecule has 2 amide bonds. The molecule has 0 fully saturated rings. The first kappa shape index (κ1) is 19.6. The van der Waals surface area contributed by atoms with Crippen LogP contribution in [0.2, 0.25) is 0 Å². The maximum Gasteiger partial charge on any atom is 0.253 e. The Bertz CT molecular complexity index is 1170. The molecule has 2 aromatic heterocycles. The van der Waals surface area contributed by atoms with Crippen molar-refractivity contribution in [1.29, 1.82) is 0 Å². The van der Waals surface area contributed by atoms with E-state index in [1.165, 1.54) is 22.9 Å². The summed E-state index contributed by atoms with van der Waals surface area (Å²) in [5.41, 5.74) is 3.76. The number of aromatic nitrogens is 2. The van der Waals surface area contributed by atoms with Crippen LogP contribution in [0.1, 0.15) is 27.2 Å². The highest BCUT2D eigenvalue weighted by Gasteiger charge is 2.24. The number of fused-ring (bicyclic) bond motifs is 1. The van der Waals surface area contributed by atoms with Crippen LogP contribution < -0.4 is 15.8 Å². The monoisotopic (exact) mass is 402 g/mol. The molecule has 4 rings (SSSR count). The number of carbonyl (C=O) groups is 2. The molecule has 0 aliphatic carbocycles. The zero-order valence-electron chi connectivity index (χ0n) is 16.7. The van der Waals surface area contributed by atoms with Crippen molar-refractivity contribution < 1.29 is 9.59 Å². The summed E-state index contributed by atoms with van der Waals surface area (Å²) in [6, 6.07) is 14.3. The summed E-state index contributed by atoms with van der Waals surface area (Å²) in [7, 11) is 0. The van der Waals surface area contributed by atoms with Crippen LogP contribution in [0, 0.1) is 6.92 Å². The maximum atomic E-state index is 12.8. The fourth-order valence-corrected chi connectivity index (χ4v) is 3.59. The summed E-state index contributed by atoms with van der Waals surface area (Å²) in [4.78, 5) is 43.6. The van der Waals surface area contributed by atoms with Gasteiger partial charge in [-0.05, 0) is 42.7 Å². The van der Waals surface area contributed by atoms with E-state index in [4.69, 9.17) is 0 Å². The highest BCUT2D eigenvalue weighted by atomic mass is 16.2. The molecule has 0 radical (unpaired) electrons. The molecule has 1 aliphatic heterocycles. The van der Waals surface area contributed by atoms with Gasteiger partial charge in [0.25, 0.3) is 11.5 Å². The molecule has 7 heteroatoms. The van der Waals surface area contributed by atoms with E-state index in [9.17, 15) is 14.4 Å². The highest BCUT2D eigenvalue weighted by molar-refractivity contribution is 5.96. The standard InChI is InChI=1S/C23H22N4O3/c1-16-5-4-11-24-19(16)13-25-23(30)18-8-9-21(28)26(14-18)15-22(29)27-12-10-17-6-2-3-7-20(17)27/h2-9,11,14H,10,12-13,15H2,1H3,(H,25,30). The molecule has 0 saturated carbocycles. The van der Waals surface area contributed by atoms with E-state index in [2.05, 4.69) is 10.3 Å². The number of anilines is 1. The van der Waals surface area contributed by atoms with Crippen molar-refractivity contribution in [2.75, 3.05) is 11.4 Å². The van der Waals surface area contributed by atoms with E-state index in [0.717, 1.165) is 28.9 Å². The second kappa shape index (κ2) is 8.32. The predicted octanol–water partition coefficient (Wildman–Crippen LogP) is 2.07. The fourth-order valence-electron chi connectivity index (χ4n) is 3.59. The van der Waals surface area contributed by atoms with E-state index in [-0.39, 0.29) is 30.5 Å². The molecule has 0 bridgehead atoms. The van der Waals surface area contributed by atoms with Crippen molar-refractivity contribution in [1.82, 2.24) is 14.9 Å². The number of amides is 2. The van der Waals surface area contributed by atoms with E-state index in [1.54, 1.807) is 11.1 Å². The van der Waals surface area contributed by atoms with E-state index in [0.29, 0.717) is 12.1 Å². The molecule has 1 aromatic carbocycles. The van der Waals surface area contributed by atoms with Crippen molar-refractivity contribution in [2.45, 2.75) is 26.4 Å². The van der Waals surface area contributed by atoms with Crippen molar-refractivity contribution in [3.8, 4) is 0 Å². The molecule has 0 spiro atoms. The van der Waals surface area contributed by atoms with Gasteiger partial charge >= 0.3 is 0 Å². The number of hydrogen-bond acceptors (Lipinski definition) is 4. The van der Waals surface area contributed by atoms with Gasteiger partial charge in [0.05, 0.1) is 17.8 Å². The summed E-state index contributed by atoms with van der Waals surface area (Å²) in [5.74, 6) is -0.503. The molecule has 1 aliphatic rings. The number of benzene rings is 1. The number of rotatable bonds is 5. The molecule has 1 N–H and O–H groups in total. The van der Waals surface area contributed by atoms with E-state index < -0.39 is 0 Å². The van der Waals surface area contributed by atoms with Crippen LogP contribution in [0.15, 0.2) is 65.7 Å². The lowest BCUT2D eigenvalue weighted by molar-refractivity contribution is -0.119. The van der Waals surface area contributed by atoms with E-state index in [1.807, 2.05) is 43.3 Å². The van der Waals surface area contributed by atoms with Crippen LogP contribution in [0.5, 0.6) is 0 Å². The number of nitrogens with zero attached hydrogens (tertiary/aromatic N) is 3. The van der Waals surface area contributed by atoms with Gasteiger partial charge in [-0.3, -0.25) is 19.4 Å². The first-order valence-electron chi connectivity index (χ1n) is 9.80. The maximum absolute atomic E-state index is 12.8. The average Bonchev–Trinajstić information content (AvgIpc) is 3.19. The van der Waals surface area contributed by atoms with Gasteiger partial charge in [-0.25, -0.2) is 0 Å². The number of hydrogen-bond donors (Lipinski definition) is 1. The third-order valence-electron chi connectivity index (χ3n) is 5.27. The Kier molecular flexibility index (Phi) is 5.43. The first-order chi connectivity index (χ1) is 14.5. The number of aryl methyl sites for hydroxylation is 1. The Balaban J connectivity index is 1.47. The fraction of sp³-hybridized carbons (Fsp3) is 0.217. The molecular weight excluding hydrogens is 380 g/mol. The van der Waals surface area contributed by atoms with Crippen molar-refractivity contribution in [3.05, 3.63) is 93.7 Å². The van der Waals surface area contributed by atoms with Crippen molar-refractivity contribution >= 4 is 17.5 Å². The van der Waals surface area contributed by atoms with E-state index >= 15 is 0 Å². The Labute approximate surface area is 174 Å². The molecule has 7 nitrogen and oxygen atoms in total. The second-order valence-corrected chi connectivity index (χ2v) is 7.26. The minimum Gasteiger partial charge on any atom is -0.346 e. The van der Waals surface area contributed by atoms with Crippen LogP contribution in [0.4, 0.5) is 5.69 Å². The molecule has 0 saturated heterocycles. The number of para-hydroxylation sites is 1. The lowest BCUT2D eigenvalue weighted by Gasteiger charge is -2.18. The minimum atomic E-state index is -0.326. The lowest BCUT2D eigenvalue weighted by Crippen LogP contribution is -2.35. The molecule has 0 atom stereocenters. The third-order valence-corrected chi connectivity index (χ3v) is 5.27. The summed E-state index contributed by atoms with van der Waals surface area (Å²) in [5, 5.41) is 2.81. The van der Waals surface area contributed by atoms with Crippen LogP contribution in [-0.2, 0) is 24.3 Å². The zero-order chi connectivity index (χ0) is 21.1. The number of nitrogens with one attached hydrogen (secondary N) is 1. The van der Waals surface area contributed by atoms with Gasteiger partial charge in [0.2, 0.25) is 5.91 Å². The third kappa shape index (κ3) is 4.00. The topological polar surface area (TPSA) is 84.3 Å². The summed E-state index contributed by atoms with van der Waals surface area (Å²) < 4.78 is 1.28. The molecule has 3 heterocycles. The smallest absolute Gasteiger partial charge is 0.253 e. The molecule has 30 heavy (non-hydrogen) atoms. The Morgan fingerprint density at radius 3 is 2.77 bits per heavy atom. The number of pyridine rings is 2. The van der Waals surface area contributed by atoms with Gasteiger partial charge in [-0.1, -0.05) is 24.3 Å². The largest absolute Gasteiger partial charge is 0.346 e. The average molecular weight is 402 g/mol. The van der Waals surface area contributed by atoms with Gasteiger partial charge in [0, 0.05) is 30.7 Å². The normalized spacial score (nSPS) is 12.5. The lowest BCUT2D eigenvalue weighted by atomic mass is 10.2. The Hall–Kier alpha value is -3.74. The van der Waals surface area contributed by atoms with Crippen molar-refractivity contribution in [2.24, 2.45) is 0 Å². The predicted molar refractivity (Wildman–Crippen MR) is 113 cm³/mol. The van der Waals surface area contributed by atoms with Crippen LogP contribution in [0.25, 0.3) is 0 Å². The molecule has 0 unspecified atom stereocenters. The first-order valence-corrected chi connectivity index (χ1v) is 9.80. The van der Waals surface area contributed by atoms with Crippen LogP contribution in [0.3, 0.4) is 0 Å². The van der Waals surface area contributed by atoms with Crippen LogP contribution >= 0.6 is 0 Å². The molecule has 152 valence electrons. The van der Waals surface area contributed by atoms with Gasteiger partial charge in [-0.2, -0.15) is 0 Å². The minimum absolute atomic E-state index is 0.117. The summed E-state index contributed by atoms with van der Waals surface area (Å²) >= 11 is 0. The zero-order valence-corrected chi connectivity index (χ0v) is 16.7. The Morgan fingerprint density at radius 2 is 1.93 bits per heavy atom. The summed E-state index contributed by atoms with van der Waals surface area (Å²) in [6.45, 7) is 2.69. The Morgan fingerprint density at radius 1 is 1.10 bits per heavy atom. The summed E-state index contributed by atoms with van der Waals surface area (Å²) in [6.07, 6.45) is 3.91. The SMILES string of the molecule is Cc1cccnc1CNC(=O)c1ccc(=O)n(CC(=O)N2CCc3ccccc32)c1. The highest BCUT2D eigenvalue weighted by Crippen LogP contribution is 2.27. The van der Waals surface area contributed by atoms with Gasteiger partial charge in [0.15, 0.2) is 0 Å². The molecule has 3 aromatic rings. The van der Waals surface area contributed by atoms with Crippen molar-refractivity contribution in [3.63, 3.8) is 0 Å². The molecular formula is C23H22N4O3. The second-order valence-electron chi connectivity index (χ2n) is 7.26. The van der Waals surface area contributed by atoms with Gasteiger partial charge < -0.3 is 14.8 Å². The van der Waals surface area contributed by atoms with Gasteiger partial charge in [0.1, 0.15) is 6.54 Å². The number of carbonyl (C=O) groups excluding carboxylic acids is 2.